The van der Waals surface area contributed by atoms with Crippen LogP contribution < -0.4 is 5.32 Å². The number of carbonyl (C=O) groups is 2. The van der Waals surface area contributed by atoms with Gasteiger partial charge in [0.05, 0.1) is 12.6 Å². The SMILES string of the molecule is CC(NC(=O)C(F)(F)F)C1(O)CCN(C(=O)OC(C)(C)C)C1. The fourth-order valence-electron chi connectivity index (χ4n) is 2.07. The van der Waals surface area contributed by atoms with Crippen molar-refractivity contribution in [3.63, 3.8) is 0 Å². The van der Waals surface area contributed by atoms with Gasteiger partial charge in [-0.2, -0.15) is 13.2 Å². The number of hydrogen-bond donors (Lipinski definition) is 2. The molecule has 0 aromatic carbocycles. The Balaban J connectivity index is 2.66. The van der Waals surface area contributed by atoms with Gasteiger partial charge in [-0.15, -0.1) is 0 Å². The van der Waals surface area contributed by atoms with E-state index in [1.54, 1.807) is 26.1 Å². The third-order valence-electron chi connectivity index (χ3n) is 3.34. The Morgan fingerprint density at radius 3 is 2.32 bits per heavy atom. The Morgan fingerprint density at radius 1 is 1.32 bits per heavy atom. The molecule has 2 amide bonds. The zero-order valence-electron chi connectivity index (χ0n) is 13.0. The number of carbonyl (C=O) groups excluding carboxylic acids is 2. The van der Waals surface area contributed by atoms with Crippen molar-refractivity contribution >= 4 is 12.0 Å². The maximum absolute atomic E-state index is 12.2. The highest BCUT2D eigenvalue weighted by Gasteiger charge is 2.47. The smallest absolute Gasteiger partial charge is 0.444 e. The van der Waals surface area contributed by atoms with Crippen LogP contribution in [0.25, 0.3) is 0 Å². The van der Waals surface area contributed by atoms with Gasteiger partial charge in [-0.05, 0) is 34.1 Å². The second-order valence-corrected chi connectivity index (χ2v) is 6.45. The predicted molar refractivity (Wildman–Crippen MR) is 71.0 cm³/mol. The summed E-state index contributed by atoms with van der Waals surface area (Å²) in [6.07, 6.45) is -5.63. The number of rotatable bonds is 2. The molecule has 2 unspecified atom stereocenters. The van der Waals surface area contributed by atoms with Gasteiger partial charge < -0.3 is 20.1 Å². The maximum atomic E-state index is 12.2. The minimum Gasteiger partial charge on any atom is -0.444 e. The van der Waals surface area contributed by atoms with Crippen molar-refractivity contribution in [1.82, 2.24) is 10.2 Å². The molecule has 1 saturated heterocycles. The van der Waals surface area contributed by atoms with Crippen molar-refractivity contribution in [2.45, 2.75) is 57.5 Å². The summed E-state index contributed by atoms with van der Waals surface area (Å²) in [6, 6.07) is -1.16. The molecule has 1 aliphatic heterocycles. The van der Waals surface area contributed by atoms with Crippen LogP contribution >= 0.6 is 0 Å². The first kappa shape index (κ1) is 18.5. The van der Waals surface area contributed by atoms with Gasteiger partial charge >= 0.3 is 18.2 Å². The summed E-state index contributed by atoms with van der Waals surface area (Å²) in [4.78, 5) is 24.0. The molecule has 9 heteroatoms. The van der Waals surface area contributed by atoms with E-state index < -0.39 is 35.4 Å². The standard InChI is InChI=1S/C13H21F3N2O4/c1-8(17-9(19)13(14,15)16)12(21)5-6-18(7-12)10(20)22-11(2,3)4/h8,21H,5-7H2,1-4H3,(H,17,19). The number of aliphatic hydroxyl groups is 1. The molecule has 128 valence electrons. The van der Waals surface area contributed by atoms with Crippen molar-refractivity contribution < 1.29 is 32.6 Å². The molecule has 1 rings (SSSR count). The normalized spacial score (nSPS) is 24.1. The number of nitrogens with one attached hydrogen (secondary N) is 1. The molecule has 0 aliphatic carbocycles. The lowest BCUT2D eigenvalue weighted by atomic mass is 9.94. The summed E-state index contributed by atoms with van der Waals surface area (Å²) in [6.45, 7) is 6.24. The Bertz CT molecular complexity index is 448. The number of alkyl halides is 3. The number of halogens is 3. The summed E-state index contributed by atoms with van der Waals surface area (Å²) >= 11 is 0. The van der Waals surface area contributed by atoms with Gasteiger partial charge in [-0.1, -0.05) is 0 Å². The summed E-state index contributed by atoms with van der Waals surface area (Å²) in [5.74, 6) is -2.12. The molecule has 0 bridgehead atoms. The lowest BCUT2D eigenvalue weighted by Crippen LogP contribution is -2.55. The quantitative estimate of drug-likeness (QED) is 0.804. The Hall–Kier alpha value is -1.51. The first-order valence-electron chi connectivity index (χ1n) is 6.82. The molecule has 0 aromatic rings. The molecule has 1 fully saturated rings. The number of hydrogen-bond acceptors (Lipinski definition) is 4. The number of nitrogens with zero attached hydrogens (tertiary/aromatic N) is 1. The summed E-state index contributed by atoms with van der Waals surface area (Å²) in [5, 5.41) is 12.1. The van der Waals surface area contributed by atoms with Crippen LogP contribution in [0.2, 0.25) is 0 Å². The van der Waals surface area contributed by atoms with Crippen molar-refractivity contribution in [3.05, 3.63) is 0 Å². The highest BCUT2D eigenvalue weighted by molar-refractivity contribution is 5.82. The zero-order chi connectivity index (χ0) is 17.3. The molecule has 0 aromatic heterocycles. The van der Waals surface area contributed by atoms with Crippen molar-refractivity contribution in [1.29, 1.82) is 0 Å². The molecule has 6 nitrogen and oxygen atoms in total. The Morgan fingerprint density at radius 2 is 1.86 bits per heavy atom. The molecule has 1 aliphatic rings. The third kappa shape index (κ3) is 4.75. The average molecular weight is 326 g/mol. The monoisotopic (exact) mass is 326 g/mol. The van der Waals surface area contributed by atoms with E-state index in [0.717, 1.165) is 0 Å². The molecular formula is C13H21F3N2O4. The number of likely N-dealkylation sites (tertiary alicyclic amines) is 1. The fourth-order valence-corrected chi connectivity index (χ4v) is 2.07. The second kappa shape index (κ2) is 5.94. The zero-order valence-corrected chi connectivity index (χ0v) is 13.0. The Kier molecular flexibility index (Phi) is 5.01. The van der Waals surface area contributed by atoms with E-state index in [1.165, 1.54) is 11.8 Å². The summed E-state index contributed by atoms with van der Waals surface area (Å²) in [7, 11) is 0. The average Bonchev–Trinajstić information content (AvgIpc) is 2.70. The van der Waals surface area contributed by atoms with Gasteiger partial charge in [0.25, 0.3) is 0 Å². The third-order valence-corrected chi connectivity index (χ3v) is 3.34. The second-order valence-electron chi connectivity index (χ2n) is 6.45. The molecule has 2 N–H and O–H groups in total. The predicted octanol–water partition coefficient (Wildman–Crippen LogP) is 1.43. The van der Waals surface area contributed by atoms with Crippen LogP contribution in [-0.4, -0.2) is 58.5 Å². The van der Waals surface area contributed by atoms with E-state index in [9.17, 15) is 27.9 Å². The Labute approximate surface area is 126 Å². The van der Waals surface area contributed by atoms with Crippen LogP contribution in [0.3, 0.4) is 0 Å². The van der Waals surface area contributed by atoms with Crippen LogP contribution in [0, 0.1) is 0 Å². The van der Waals surface area contributed by atoms with Gasteiger partial charge in [-0.25, -0.2) is 4.79 Å². The van der Waals surface area contributed by atoms with Gasteiger partial charge in [-0.3, -0.25) is 4.79 Å². The van der Waals surface area contributed by atoms with E-state index >= 15 is 0 Å². The first-order valence-corrected chi connectivity index (χ1v) is 6.82. The number of amides is 2. The maximum Gasteiger partial charge on any atom is 0.471 e. The minimum absolute atomic E-state index is 0.0472. The number of ether oxygens (including phenoxy) is 1. The van der Waals surface area contributed by atoms with E-state index in [0.29, 0.717) is 0 Å². The highest BCUT2D eigenvalue weighted by Crippen LogP contribution is 2.27. The van der Waals surface area contributed by atoms with Gasteiger partial charge in [0, 0.05) is 6.54 Å². The number of β-amino-alcohol motifs (C(OH)–C–C–N with tert-alkyl or cyclic N) is 1. The van der Waals surface area contributed by atoms with Crippen LogP contribution in [0.15, 0.2) is 0 Å². The van der Waals surface area contributed by atoms with E-state index in [2.05, 4.69) is 0 Å². The van der Waals surface area contributed by atoms with E-state index in [-0.39, 0.29) is 19.5 Å². The van der Waals surface area contributed by atoms with Gasteiger partial charge in [0.15, 0.2) is 0 Å². The molecule has 0 spiro atoms. The lowest BCUT2D eigenvalue weighted by molar-refractivity contribution is -0.175. The lowest BCUT2D eigenvalue weighted by Gasteiger charge is -2.31. The minimum atomic E-state index is -5.02. The first-order chi connectivity index (χ1) is 9.74. The molecule has 0 radical (unpaired) electrons. The van der Waals surface area contributed by atoms with E-state index in [1.807, 2.05) is 0 Å². The van der Waals surface area contributed by atoms with Crippen molar-refractivity contribution in [2.75, 3.05) is 13.1 Å². The fraction of sp³-hybridized carbons (Fsp3) is 0.846. The molecule has 1 heterocycles. The largest absolute Gasteiger partial charge is 0.471 e. The van der Waals surface area contributed by atoms with Crippen molar-refractivity contribution in [3.8, 4) is 0 Å². The summed E-state index contributed by atoms with van der Waals surface area (Å²) in [5.41, 5.74) is -2.34. The topological polar surface area (TPSA) is 78.9 Å². The van der Waals surface area contributed by atoms with Gasteiger partial charge in [0.1, 0.15) is 11.2 Å². The van der Waals surface area contributed by atoms with Crippen LogP contribution in [0.1, 0.15) is 34.1 Å². The van der Waals surface area contributed by atoms with Crippen LogP contribution in [-0.2, 0) is 9.53 Å². The van der Waals surface area contributed by atoms with E-state index in [4.69, 9.17) is 4.74 Å². The highest BCUT2D eigenvalue weighted by atomic mass is 19.4. The molecule has 0 saturated carbocycles. The summed E-state index contributed by atoms with van der Waals surface area (Å²) < 4.78 is 41.8. The van der Waals surface area contributed by atoms with Crippen LogP contribution in [0.5, 0.6) is 0 Å². The van der Waals surface area contributed by atoms with Crippen molar-refractivity contribution in [2.24, 2.45) is 0 Å². The molecule has 2 atom stereocenters. The molecular weight excluding hydrogens is 305 g/mol. The van der Waals surface area contributed by atoms with Gasteiger partial charge in [0.2, 0.25) is 0 Å². The molecule has 22 heavy (non-hydrogen) atoms. The van der Waals surface area contributed by atoms with Crippen LogP contribution in [0.4, 0.5) is 18.0 Å².